The van der Waals surface area contributed by atoms with Crippen LogP contribution < -0.4 is 21.6 Å². The predicted octanol–water partition coefficient (Wildman–Crippen LogP) is 4.27. The Morgan fingerprint density at radius 3 is 2.66 bits per heavy atom. The van der Waals surface area contributed by atoms with E-state index in [4.69, 9.17) is 0 Å². The number of nitrogens with one attached hydrogen (secondary N) is 4. The molecular weight excluding hydrogens is 492 g/mol. The number of hydrogen-bond donors (Lipinski definition) is 4. The molecule has 2 aromatic carbocycles. The molecule has 0 unspecified atom stereocenters. The molecule has 0 bridgehead atoms. The Balaban J connectivity index is 1.22. The van der Waals surface area contributed by atoms with Crippen LogP contribution in [0.2, 0.25) is 0 Å². The van der Waals surface area contributed by atoms with E-state index in [0.717, 1.165) is 33.6 Å². The molecule has 10 heteroatoms. The van der Waals surface area contributed by atoms with Gasteiger partial charge in [-0.25, -0.2) is 13.5 Å². The molecule has 0 fully saturated rings. The molecule has 5 rings (SSSR count). The van der Waals surface area contributed by atoms with Crippen LogP contribution in [0.1, 0.15) is 27.2 Å². The van der Waals surface area contributed by atoms with Crippen molar-refractivity contribution in [2.75, 3.05) is 17.3 Å². The van der Waals surface area contributed by atoms with Gasteiger partial charge < -0.3 is 15.6 Å². The maximum Gasteiger partial charge on any atom is 0.281 e. The van der Waals surface area contributed by atoms with Crippen molar-refractivity contribution >= 4 is 40.9 Å². The van der Waals surface area contributed by atoms with Crippen molar-refractivity contribution in [3.8, 4) is 0 Å². The Kier molecular flexibility index (Phi) is 6.68. The van der Waals surface area contributed by atoms with Crippen molar-refractivity contribution in [1.82, 2.24) is 15.0 Å². The average Bonchev–Trinajstić information content (AvgIpc) is 3.53. The fourth-order valence-electron chi connectivity index (χ4n) is 3.95. The van der Waals surface area contributed by atoms with E-state index >= 15 is 0 Å². The third-order valence-electron chi connectivity index (χ3n) is 5.80. The first-order chi connectivity index (χ1) is 18.4. The monoisotopic (exact) mass is 513 g/mol. The summed E-state index contributed by atoms with van der Waals surface area (Å²) in [6, 6.07) is 15.2. The van der Waals surface area contributed by atoms with Gasteiger partial charge in [-0.1, -0.05) is 24.3 Å². The normalized spacial score (nSPS) is 13.5. The smallest absolute Gasteiger partial charge is 0.281 e. The first-order valence-corrected chi connectivity index (χ1v) is 11.6. The Hall–Kier alpha value is -5.25. The number of carbonyl (C=O) groups excluding carboxylic acids is 2. The number of anilines is 2. The van der Waals surface area contributed by atoms with E-state index < -0.39 is 23.1 Å². The second-order valence-corrected chi connectivity index (χ2v) is 8.39. The van der Waals surface area contributed by atoms with Gasteiger partial charge in [0.05, 0.1) is 11.3 Å². The van der Waals surface area contributed by atoms with E-state index in [9.17, 15) is 23.2 Å². The Bertz CT molecular complexity index is 1660. The van der Waals surface area contributed by atoms with Crippen molar-refractivity contribution in [1.29, 1.82) is 0 Å². The molecule has 2 aromatic heterocycles. The Morgan fingerprint density at radius 1 is 1.00 bits per heavy atom. The molecule has 0 aliphatic carbocycles. The number of H-pyrrole nitrogens is 1. The zero-order chi connectivity index (χ0) is 26.6. The van der Waals surface area contributed by atoms with Crippen LogP contribution in [0.4, 0.5) is 20.2 Å². The number of aromatic amines is 1. The molecule has 38 heavy (non-hydrogen) atoms. The fraction of sp³-hybridized carbons (Fsp3) is 0.0357. The minimum absolute atomic E-state index is 0.127. The van der Waals surface area contributed by atoms with E-state index in [-0.39, 0.29) is 23.7 Å². The van der Waals surface area contributed by atoms with Crippen molar-refractivity contribution in [2.24, 2.45) is 0 Å². The van der Waals surface area contributed by atoms with E-state index in [1.165, 1.54) is 24.4 Å². The van der Waals surface area contributed by atoms with Gasteiger partial charge in [-0.2, -0.15) is 0 Å². The molecule has 4 N–H and O–H groups in total. The Labute approximate surface area is 215 Å². The van der Waals surface area contributed by atoms with Crippen LogP contribution >= 0.6 is 0 Å². The summed E-state index contributed by atoms with van der Waals surface area (Å²) in [5, 5.41) is 5.51. The number of fused-ring (bicyclic) bond motifs is 1. The first kappa shape index (κ1) is 24.4. The molecule has 0 saturated carbocycles. The third kappa shape index (κ3) is 5.14. The number of pyridine rings is 1. The molecule has 0 radical (unpaired) electrons. The standard InChI is InChI=1S/C28H21F2N5O3/c29-23-10-8-19(16-24(23)30)34-35-13-3-6-21(28(35)38)26(36)32-12-1-4-17-7-9-20-22(15-18-5-2-11-31-18)27(37)33-25(20)14-17/h1-11,13-16,31,34H,12H2,(H,32,36)(H,33,37)/b4-1+,22-15+. The summed E-state index contributed by atoms with van der Waals surface area (Å²) in [7, 11) is 0. The van der Waals surface area contributed by atoms with Gasteiger partial charge in [-0.05, 0) is 54.1 Å². The summed E-state index contributed by atoms with van der Waals surface area (Å²) < 4.78 is 27.6. The molecule has 1 aliphatic heterocycles. The first-order valence-electron chi connectivity index (χ1n) is 11.6. The second kappa shape index (κ2) is 10.4. The van der Waals surface area contributed by atoms with Crippen LogP contribution in [0.15, 0.2) is 83.9 Å². The molecule has 1 aliphatic rings. The van der Waals surface area contributed by atoms with Crippen LogP contribution in [-0.2, 0) is 4.79 Å². The number of nitrogens with zero attached hydrogens (tertiary/aromatic N) is 1. The van der Waals surface area contributed by atoms with Gasteiger partial charge in [-0.3, -0.25) is 19.8 Å². The average molecular weight is 514 g/mol. The van der Waals surface area contributed by atoms with Gasteiger partial charge in [-0.15, -0.1) is 0 Å². The fourth-order valence-corrected chi connectivity index (χ4v) is 3.95. The van der Waals surface area contributed by atoms with Gasteiger partial charge in [0.1, 0.15) is 5.56 Å². The molecule has 0 saturated heterocycles. The number of carbonyl (C=O) groups is 2. The molecule has 0 spiro atoms. The van der Waals surface area contributed by atoms with Crippen molar-refractivity contribution in [3.05, 3.63) is 124 Å². The van der Waals surface area contributed by atoms with E-state index in [0.29, 0.717) is 11.3 Å². The number of halogens is 2. The number of benzene rings is 2. The highest BCUT2D eigenvalue weighted by Gasteiger charge is 2.24. The van der Waals surface area contributed by atoms with Crippen molar-refractivity contribution in [3.63, 3.8) is 0 Å². The summed E-state index contributed by atoms with van der Waals surface area (Å²) in [6.45, 7) is 0.144. The highest BCUT2D eigenvalue weighted by molar-refractivity contribution is 6.34. The number of aromatic nitrogens is 2. The summed E-state index contributed by atoms with van der Waals surface area (Å²) in [6.07, 6.45) is 8.44. The number of hydrogen-bond acceptors (Lipinski definition) is 4. The Morgan fingerprint density at radius 2 is 1.87 bits per heavy atom. The summed E-state index contributed by atoms with van der Waals surface area (Å²) in [5.41, 5.74) is 5.69. The molecule has 8 nitrogen and oxygen atoms in total. The molecule has 190 valence electrons. The summed E-state index contributed by atoms with van der Waals surface area (Å²) in [4.78, 5) is 40.7. The summed E-state index contributed by atoms with van der Waals surface area (Å²) in [5.74, 6) is -2.86. The molecule has 2 amide bonds. The molecule has 3 heterocycles. The zero-order valence-electron chi connectivity index (χ0n) is 19.8. The van der Waals surface area contributed by atoms with Crippen LogP contribution in [-0.4, -0.2) is 28.0 Å². The lowest BCUT2D eigenvalue weighted by molar-refractivity contribution is -0.110. The minimum Gasteiger partial charge on any atom is -0.362 e. The lowest BCUT2D eigenvalue weighted by Gasteiger charge is -2.11. The molecule has 4 aromatic rings. The lowest BCUT2D eigenvalue weighted by atomic mass is 10.0. The topological polar surface area (TPSA) is 108 Å². The van der Waals surface area contributed by atoms with Crippen LogP contribution in [0.25, 0.3) is 17.7 Å². The van der Waals surface area contributed by atoms with Gasteiger partial charge in [0.15, 0.2) is 11.6 Å². The van der Waals surface area contributed by atoms with E-state index in [1.807, 2.05) is 30.3 Å². The highest BCUT2D eigenvalue weighted by atomic mass is 19.2. The quantitative estimate of drug-likeness (QED) is 0.277. The van der Waals surface area contributed by atoms with Crippen molar-refractivity contribution in [2.45, 2.75) is 0 Å². The van der Waals surface area contributed by atoms with Crippen LogP contribution in [0.5, 0.6) is 0 Å². The summed E-state index contributed by atoms with van der Waals surface area (Å²) >= 11 is 0. The predicted molar refractivity (Wildman–Crippen MR) is 141 cm³/mol. The highest BCUT2D eigenvalue weighted by Crippen LogP contribution is 2.33. The van der Waals surface area contributed by atoms with Crippen LogP contribution in [0.3, 0.4) is 0 Å². The maximum absolute atomic E-state index is 13.5. The molecular formula is C28H21F2N5O3. The molecule has 0 atom stereocenters. The zero-order valence-corrected chi connectivity index (χ0v) is 19.8. The number of rotatable bonds is 7. The number of amides is 2. The minimum atomic E-state index is -1.07. The van der Waals surface area contributed by atoms with E-state index in [1.54, 1.807) is 24.4 Å². The van der Waals surface area contributed by atoms with Gasteiger partial charge in [0.2, 0.25) is 0 Å². The second-order valence-electron chi connectivity index (χ2n) is 8.39. The van der Waals surface area contributed by atoms with Gasteiger partial charge >= 0.3 is 0 Å². The SMILES string of the molecule is O=C1Nc2cc(/C=C/CNC(=O)c3cccn(Nc4ccc(F)c(F)c4)c3=O)ccc2/C1=C\c1ccc[nH]1. The van der Waals surface area contributed by atoms with Crippen LogP contribution in [0, 0.1) is 11.6 Å². The van der Waals surface area contributed by atoms with Crippen molar-refractivity contribution < 1.29 is 18.4 Å². The maximum atomic E-state index is 13.5. The third-order valence-corrected chi connectivity index (χ3v) is 5.80. The van der Waals surface area contributed by atoms with Gasteiger partial charge in [0.25, 0.3) is 17.4 Å². The van der Waals surface area contributed by atoms with E-state index in [2.05, 4.69) is 21.0 Å². The largest absolute Gasteiger partial charge is 0.362 e. The van der Waals surface area contributed by atoms with Gasteiger partial charge in [0, 0.05) is 41.9 Å². The lowest BCUT2D eigenvalue weighted by Crippen LogP contribution is -2.35.